The number of hydrogen-bond acceptors (Lipinski definition) is 4. The predicted molar refractivity (Wildman–Crippen MR) is 60.0 cm³/mol. The molecule has 0 spiro atoms. The fourth-order valence-electron chi connectivity index (χ4n) is 1.16. The first-order chi connectivity index (χ1) is 7.69. The number of nitriles is 1. The fraction of sp³-hybridized carbons (Fsp3) is 0. The van der Waals surface area contributed by atoms with E-state index in [0.29, 0.717) is 17.1 Å². The minimum absolute atomic E-state index is 0.0478. The van der Waals surface area contributed by atoms with E-state index in [0.717, 1.165) is 0 Å². The normalized spacial score (nSPS) is 9.81. The molecule has 0 aliphatic rings. The molecule has 0 fully saturated rings. The lowest BCUT2D eigenvalue weighted by molar-refractivity contribution is 1.15. The monoisotopic (exact) mass is 250 g/mol. The first kappa shape index (κ1) is 10.8. The van der Waals surface area contributed by atoms with Gasteiger partial charge in [-0.2, -0.15) is 5.26 Å². The third-order valence-electron chi connectivity index (χ3n) is 1.79. The van der Waals surface area contributed by atoms with Crippen LogP contribution in [0.2, 0.25) is 10.4 Å². The summed E-state index contributed by atoms with van der Waals surface area (Å²) in [5, 5.41) is 9.00. The van der Waals surface area contributed by atoms with E-state index in [2.05, 4.69) is 15.0 Å². The Bertz CT molecular complexity index is 557. The molecule has 0 aliphatic carbocycles. The van der Waals surface area contributed by atoms with E-state index >= 15 is 0 Å². The standard InChI is InChI=1S/C10H4Cl2N4/c11-9-4-8(15-10(12)16-9)7-3-1-2-6(5-13)14-7/h1-4H. The van der Waals surface area contributed by atoms with Crippen molar-refractivity contribution < 1.29 is 0 Å². The molecule has 0 aromatic carbocycles. The zero-order valence-electron chi connectivity index (χ0n) is 7.85. The summed E-state index contributed by atoms with van der Waals surface area (Å²) in [6.07, 6.45) is 0. The minimum atomic E-state index is 0.0478. The molecule has 78 valence electrons. The molecule has 0 unspecified atom stereocenters. The van der Waals surface area contributed by atoms with Crippen molar-refractivity contribution in [1.29, 1.82) is 5.26 Å². The second-order valence-corrected chi connectivity index (χ2v) is 3.59. The largest absolute Gasteiger partial charge is 0.235 e. The van der Waals surface area contributed by atoms with Crippen LogP contribution in [-0.4, -0.2) is 15.0 Å². The van der Waals surface area contributed by atoms with Gasteiger partial charge in [0.05, 0.1) is 11.4 Å². The van der Waals surface area contributed by atoms with Gasteiger partial charge in [0, 0.05) is 6.07 Å². The summed E-state index contributed by atoms with van der Waals surface area (Å²) in [6.45, 7) is 0. The Labute approximate surface area is 102 Å². The van der Waals surface area contributed by atoms with Crippen molar-refractivity contribution in [3.8, 4) is 17.5 Å². The van der Waals surface area contributed by atoms with Crippen LogP contribution in [0.1, 0.15) is 5.69 Å². The molecule has 6 heteroatoms. The molecule has 16 heavy (non-hydrogen) atoms. The second kappa shape index (κ2) is 4.44. The van der Waals surface area contributed by atoms with Crippen LogP contribution in [0.5, 0.6) is 0 Å². The smallest absolute Gasteiger partial charge is 0.224 e. The Morgan fingerprint density at radius 2 is 1.88 bits per heavy atom. The summed E-state index contributed by atoms with van der Waals surface area (Å²) < 4.78 is 0. The SMILES string of the molecule is N#Cc1cccc(-c2cc(Cl)nc(Cl)n2)n1. The zero-order chi connectivity index (χ0) is 11.5. The van der Waals surface area contributed by atoms with Gasteiger partial charge in [0.2, 0.25) is 5.28 Å². The highest BCUT2D eigenvalue weighted by molar-refractivity contribution is 6.32. The number of halogens is 2. The van der Waals surface area contributed by atoms with Crippen molar-refractivity contribution in [2.24, 2.45) is 0 Å². The van der Waals surface area contributed by atoms with Crippen molar-refractivity contribution in [2.75, 3.05) is 0 Å². The molecular formula is C10H4Cl2N4. The Kier molecular flexibility index (Phi) is 3.00. The molecule has 2 heterocycles. The summed E-state index contributed by atoms with van der Waals surface area (Å²) in [6, 6.07) is 8.52. The Balaban J connectivity index is 2.54. The number of pyridine rings is 1. The topological polar surface area (TPSA) is 62.5 Å². The highest BCUT2D eigenvalue weighted by Crippen LogP contribution is 2.19. The van der Waals surface area contributed by atoms with Gasteiger partial charge in [-0.25, -0.2) is 15.0 Å². The van der Waals surface area contributed by atoms with Gasteiger partial charge in [-0.05, 0) is 23.7 Å². The van der Waals surface area contributed by atoms with Gasteiger partial charge in [-0.15, -0.1) is 0 Å². The van der Waals surface area contributed by atoms with Crippen LogP contribution in [-0.2, 0) is 0 Å². The van der Waals surface area contributed by atoms with E-state index in [1.165, 1.54) is 6.07 Å². The third-order valence-corrected chi connectivity index (χ3v) is 2.16. The van der Waals surface area contributed by atoms with Gasteiger partial charge in [0.15, 0.2) is 0 Å². The first-order valence-corrected chi connectivity index (χ1v) is 5.02. The molecule has 0 saturated heterocycles. The molecule has 2 rings (SSSR count). The van der Waals surface area contributed by atoms with Crippen molar-refractivity contribution in [3.05, 3.63) is 40.4 Å². The summed E-state index contributed by atoms with van der Waals surface area (Å²) in [5.41, 5.74) is 1.33. The van der Waals surface area contributed by atoms with E-state index in [-0.39, 0.29) is 10.4 Å². The Morgan fingerprint density at radius 3 is 2.56 bits per heavy atom. The van der Waals surface area contributed by atoms with E-state index in [1.807, 2.05) is 6.07 Å². The van der Waals surface area contributed by atoms with E-state index in [4.69, 9.17) is 28.5 Å². The number of hydrogen-bond donors (Lipinski definition) is 0. The van der Waals surface area contributed by atoms with Crippen LogP contribution in [0.3, 0.4) is 0 Å². The molecule has 2 aromatic rings. The minimum Gasteiger partial charge on any atom is -0.235 e. The van der Waals surface area contributed by atoms with E-state index < -0.39 is 0 Å². The van der Waals surface area contributed by atoms with Crippen LogP contribution in [0.25, 0.3) is 11.4 Å². The predicted octanol–water partition coefficient (Wildman–Crippen LogP) is 2.72. The summed E-state index contributed by atoms with van der Waals surface area (Å²) in [7, 11) is 0. The van der Waals surface area contributed by atoms with Crippen molar-refractivity contribution >= 4 is 23.2 Å². The van der Waals surface area contributed by atoms with Gasteiger partial charge in [0.25, 0.3) is 0 Å². The lowest BCUT2D eigenvalue weighted by atomic mass is 10.2. The van der Waals surface area contributed by atoms with Crippen LogP contribution in [0.4, 0.5) is 0 Å². The van der Waals surface area contributed by atoms with Gasteiger partial charge >= 0.3 is 0 Å². The molecule has 0 radical (unpaired) electrons. The molecular weight excluding hydrogens is 247 g/mol. The number of rotatable bonds is 1. The molecule has 0 amide bonds. The van der Waals surface area contributed by atoms with E-state index in [9.17, 15) is 0 Å². The zero-order valence-corrected chi connectivity index (χ0v) is 9.37. The first-order valence-electron chi connectivity index (χ1n) is 4.26. The quantitative estimate of drug-likeness (QED) is 0.577. The van der Waals surface area contributed by atoms with Crippen molar-refractivity contribution in [2.45, 2.75) is 0 Å². The molecule has 0 aliphatic heterocycles. The lowest BCUT2D eigenvalue weighted by Gasteiger charge is -2.00. The summed E-state index contributed by atoms with van der Waals surface area (Å²) in [5.74, 6) is 0. The Morgan fingerprint density at radius 1 is 1.06 bits per heavy atom. The van der Waals surface area contributed by atoms with E-state index in [1.54, 1.807) is 18.2 Å². The molecule has 4 nitrogen and oxygen atoms in total. The molecule has 2 aromatic heterocycles. The molecule has 0 saturated carbocycles. The van der Waals surface area contributed by atoms with Crippen LogP contribution >= 0.6 is 23.2 Å². The van der Waals surface area contributed by atoms with Gasteiger partial charge in [-0.1, -0.05) is 17.7 Å². The molecule has 0 N–H and O–H groups in total. The maximum atomic E-state index is 8.72. The maximum absolute atomic E-state index is 8.72. The highest BCUT2D eigenvalue weighted by atomic mass is 35.5. The van der Waals surface area contributed by atoms with Crippen LogP contribution < -0.4 is 0 Å². The van der Waals surface area contributed by atoms with Gasteiger partial charge in [-0.3, -0.25) is 0 Å². The number of nitrogens with zero attached hydrogens (tertiary/aromatic N) is 4. The number of aromatic nitrogens is 3. The fourth-order valence-corrected chi connectivity index (χ4v) is 1.57. The third kappa shape index (κ3) is 2.27. The molecule has 0 bridgehead atoms. The van der Waals surface area contributed by atoms with Crippen molar-refractivity contribution in [1.82, 2.24) is 15.0 Å². The van der Waals surface area contributed by atoms with Crippen LogP contribution in [0.15, 0.2) is 24.3 Å². The lowest BCUT2D eigenvalue weighted by Crippen LogP contribution is -1.92. The highest BCUT2D eigenvalue weighted by Gasteiger charge is 2.06. The van der Waals surface area contributed by atoms with Gasteiger partial charge in [0.1, 0.15) is 16.9 Å². The maximum Gasteiger partial charge on any atom is 0.224 e. The van der Waals surface area contributed by atoms with Gasteiger partial charge < -0.3 is 0 Å². The summed E-state index contributed by atoms with van der Waals surface area (Å²) >= 11 is 11.4. The summed E-state index contributed by atoms with van der Waals surface area (Å²) in [4.78, 5) is 11.8. The van der Waals surface area contributed by atoms with Crippen molar-refractivity contribution in [3.63, 3.8) is 0 Å². The average molecular weight is 251 g/mol. The second-order valence-electron chi connectivity index (χ2n) is 2.86. The Hall–Kier alpha value is -1.70. The average Bonchev–Trinajstić information content (AvgIpc) is 2.28. The van der Waals surface area contributed by atoms with Crippen LogP contribution in [0, 0.1) is 11.3 Å². The molecule has 0 atom stereocenters.